The molecule has 0 heterocycles. The van der Waals surface area contributed by atoms with Crippen molar-refractivity contribution in [1.29, 1.82) is 0 Å². The molecule has 0 unspecified atom stereocenters. The van der Waals surface area contributed by atoms with Gasteiger partial charge in [-0.2, -0.15) is 0 Å². The lowest BCUT2D eigenvalue weighted by atomic mass is 10.4. The summed E-state index contributed by atoms with van der Waals surface area (Å²) in [5.74, 6) is 0. The minimum absolute atomic E-state index is 0.776. The molecule has 3 heteroatoms. The summed E-state index contributed by atoms with van der Waals surface area (Å²) in [7, 11) is 0. The molecule has 0 aliphatic heterocycles. The van der Waals surface area contributed by atoms with Crippen molar-refractivity contribution in [2.75, 3.05) is 0 Å². The SMILES string of the molecule is C/C(N)=C(C)/N=C\I. The maximum absolute atomic E-state index is 5.38. The zero-order valence-corrected chi connectivity index (χ0v) is 7.14. The van der Waals surface area contributed by atoms with Gasteiger partial charge in [0.2, 0.25) is 0 Å². The highest BCUT2D eigenvalue weighted by Crippen LogP contribution is 1.97. The van der Waals surface area contributed by atoms with Gasteiger partial charge in [-0.25, -0.2) is 0 Å². The average molecular weight is 224 g/mol. The largest absolute Gasteiger partial charge is 0.401 e. The van der Waals surface area contributed by atoms with Gasteiger partial charge in [0.15, 0.2) is 0 Å². The summed E-state index contributed by atoms with van der Waals surface area (Å²) in [5, 5.41) is 0. The summed E-state index contributed by atoms with van der Waals surface area (Å²) in [4.78, 5) is 3.94. The third-order valence-corrected chi connectivity index (χ3v) is 1.09. The van der Waals surface area contributed by atoms with E-state index >= 15 is 0 Å². The average Bonchev–Trinajstić information content (AvgIpc) is 1.67. The van der Waals surface area contributed by atoms with Crippen LogP contribution in [0.3, 0.4) is 0 Å². The summed E-state index contributed by atoms with van der Waals surface area (Å²) >= 11 is 2.05. The Labute approximate surface area is 63.0 Å². The molecular formula is C5H9IN2. The normalized spacial score (nSPS) is 14.4. The quantitative estimate of drug-likeness (QED) is 0.533. The Morgan fingerprint density at radius 3 is 2.25 bits per heavy atom. The van der Waals surface area contributed by atoms with Crippen LogP contribution in [0.4, 0.5) is 0 Å². The predicted octanol–water partition coefficient (Wildman–Crippen LogP) is 1.66. The second kappa shape index (κ2) is 3.88. The van der Waals surface area contributed by atoms with E-state index in [9.17, 15) is 0 Å². The molecule has 0 bridgehead atoms. The minimum atomic E-state index is 0.776. The van der Waals surface area contributed by atoms with Gasteiger partial charge < -0.3 is 5.73 Å². The van der Waals surface area contributed by atoms with Gasteiger partial charge in [-0.1, -0.05) is 0 Å². The van der Waals surface area contributed by atoms with E-state index in [0.29, 0.717) is 0 Å². The van der Waals surface area contributed by atoms with Gasteiger partial charge >= 0.3 is 0 Å². The molecule has 0 saturated heterocycles. The summed E-state index contributed by atoms with van der Waals surface area (Å²) < 4.78 is 1.70. The molecule has 0 amide bonds. The summed E-state index contributed by atoms with van der Waals surface area (Å²) in [6, 6.07) is 0. The Bertz CT molecular complexity index is 122. The van der Waals surface area contributed by atoms with Gasteiger partial charge in [0.1, 0.15) is 0 Å². The van der Waals surface area contributed by atoms with E-state index < -0.39 is 0 Å². The number of hydrogen-bond donors (Lipinski definition) is 1. The Kier molecular flexibility index (Phi) is 3.85. The number of allylic oxidation sites excluding steroid dienone is 2. The molecule has 0 aromatic carbocycles. The molecule has 0 fully saturated rings. The predicted molar refractivity (Wildman–Crippen MR) is 45.1 cm³/mol. The summed E-state index contributed by atoms with van der Waals surface area (Å²) in [6.07, 6.45) is 0. The first kappa shape index (κ1) is 7.94. The monoisotopic (exact) mass is 224 g/mol. The zero-order chi connectivity index (χ0) is 6.57. The Hall–Kier alpha value is -0.0600. The standard InChI is InChI=1S/C5H9IN2/c1-4(7)5(2)8-3-6/h3H,7H2,1-2H3/b5-4-,8-3-. The van der Waals surface area contributed by atoms with E-state index in [4.69, 9.17) is 5.73 Å². The van der Waals surface area contributed by atoms with Gasteiger partial charge in [0, 0.05) is 5.70 Å². The molecule has 0 atom stereocenters. The van der Waals surface area contributed by atoms with Gasteiger partial charge in [-0.15, -0.1) is 0 Å². The van der Waals surface area contributed by atoms with Crippen LogP contribution in [0.5, 0.6) is 0 Å². The highest BCUT2D eigenvalue weighted by molar-refractivity contribution is 14.1. The molecule has 0 aliphatic rings. The van der Waals surface area contributed by atoms with Crippen LogP contribution in [-0.2, 0) is 0 Å². The molecular weight excluding hydrogens is 215 g/mol. The van der Waals surface area contributed by atoms with E-state index in [-0.39, 0.29) is 0 Å². The fourth-order valence-electron chi connectivity index (χ4n) is 0.175. The number of aliphatic imine (C=N–C) groups is 1. The molecule has 0 aromatic rings. The van der Waals surface area contributed by atoms with Crippen molar-refractivity contribution in [2.24, 2.45) is 10.7 Å². The number of nitrogens with two attached hydrogens (primary N) is 1. The van der Waals surface area contributed by atoms with Crippen molar-refractivity contribution < 1.29 is 0 Å². The first-order chi connectivity index (χ1) is 3.68. The summed E-state index contributed by atoms with van der Waals surface area (Å²) in [5.41, 5.74) is 7.05. The van der Waals surface area contributed by atoms with E-state index in [2.05, 4.69) is 27.6 Å². The number of halogens is 1. The number of nitrogens with zero attached hydrogens (tertiary/aromatic N) is 1. The van der Waals surface area contributed by atoms with E-state index in [0.717, 1.165) is 11.4 Å². The van der Waals surface area contributed by atoms with Gasteiger partial charge in [-0.3, -0.25) is 4.99 Å². The zero-order valence-electron chi connectivity index (χ0n) is 4.98. The lowest BCUT2D eigenvalue weighted by Crippen LogP contribution is -1.92. The molecule has 0 saturated carbocycles. The fourth-order valence-corrected chi connectivity index (χ4v) is 0.593. The molecule has 8 heavy (non-hydrogen) atoms. The van der Waals surface area contributed by atoms with Crippen molar-refractivity contribution in [1.82, 2.24) is 0 Å². The van der Waals surface area contributed by atoms with Crippen LogP contribution in [0.2, 0.25) is 0 Å². The number of hydrogen-bond acceptors (Lipinski definition) is 2. The molecule has 2 nitrogen and oxygen atoms in total. The third-order valence-electron chi connectivity index (χ3n) is 0.813. The van der Waals surface area contributed by atoms with Crippen LogP contribution in [0.1, 0.15) is 13.8 Å². The molecule has 0 aromatic heterocycles. The van der Waals surface area contributed by atoms with Crippen molar-refractivity contribution in [3.8, 4) is 0 Å². The Morgan fingerprint density at radius 1 is 1.62 bits per heavy atom. The summed E-state index contributed by atoms with van der Waals surface area (Å²) in [6.45, 7) is 3.71. The number of rotatable bonds is 1. The Morgan fingerprint density at radius 2 is 2.12 bits per heavy atom. The van der Waals surface area contributed by atoms with Crippen LogP contribution in [0, 0.1) is 0 Å². The Balaban J connectivity index is 4.00. The fraction of sp³-hybridized carbons (Fsp3) is 0.400. The van der Waals surface area contributed by atoms with Gasteiger partial charge in [0.25, 0.3) is 0 Å². The highest BCUT2D eigenvalue weighted by Gasteiger charge is 1.83. The lowest BCUT2D eigenvalue weighted by Gasteiger charge is -1.91. The molecule has 0 aliphatic carbocycles. The van der Waals surface area contributed by atoms with Gasteiger partial charge in [-0.05, 0) is 36.4 Å². The minimum Gasteiger partial charge on any atom is -0.401 e. The molecule has 46 valence electrons. The van der Waals surface area contributed by atoms with Crippen molar-refractivity contribution in [3.63, 3.8) is 0 Å². The molecule has 0 rings (SSSR count). The van der Waals surface area contributed by atoms with Crippen LogP contribution < -0.4 is 5.73 Å². The first-order valence-corrected chi connectivity index (χ1v) is 3.48. The first-order valence-electron chi connectivity index (χ1n) is 2.24. The second-order valence-corrected chi connectivity index (χ2v) is 2.05. The second-order valence-electron chi connectivity index (χ2n) is 1.50. The molecule has 2 N–H and O–H groups in total. The van der Waals surface area contributed by atoms with Crippen LogP contribution in [-0.4, -0.2) is 4.22 Å². The topological polar surface area (TPSA) is 38.4 Å². The highest BCUT2D eigenvalue weighted by atomic mass is 127. The van der Waals surface area contributed by atoms with Crippen molar-refractivity contribution >= 4 is 26.8 Å². The van der Waals surface area contributed by atoms with E-state index in [1.807, 2.05) is 13.8 Å². The third kappa shape index (κ3) is 3.01. The van der Waals surface area contributed by atoms with Gasteiger partial charge in [0.05, 0.1) is 9.92 Å². The lowest BCUT2D eigenvalue weighted by molar-refractivity contribution is 1.16. The smallest absolute Gasteiger partial charge is 0.0655 e. The maximum Gasteiger partial charge on any atom is 0.0655 e. The van der Waals surface area contributed by atoms with Crippen molar-refractivity contribution in [2.45, 2.75) is 13.8 Å². The van der Waals surface area contributed by atoms with Crippen LogP contribution >= 0.6 is 22.6 Å². The van der Waals surface area contributed by atoms with E-state index in [1.165, 1.54) is 0 Å². The van der Waals surface area contributed by atoms with Crippen LogP contribution in [0.15, 0.2) is 16.4 Å². The van der Waals surface area contributed by atoms with Crippen LogP contribution in [0.25, 0.3) is 0 Å². The van der Waals surface area contributed by atoms with Crippen molar-refractivity contribution in [3.05, 3.63) is 11.4 Å². The maximum atomic E-state index is 5.38. The molecule has 0 radical (unpaired) electrons. The molecule has 0 spiro atoms. The van der Waals surface area contributed by atoms with E-state index in [1.54, 1.807) is 4.22 Å².